The van der Waals surface area contributed by atoms with Gasteiger partial charge in [0.2, 0.25) is 0 Å². The zero-order chi connectivity index (χ0) is 29.1. The summed E-state index contributed by atoms with van der Waals surface area (Å²) >= 11 is 0.963. The summed E-state index contributed by atoms with van der Waals surface area (Å²) in [7, 11) is 1.26. The molecule has 41 heavy (non-hydrogen) atoms. The number of hydrogen-bond acceptors (Lipinski definition) is 8. The van der Waals surface area contributed by atoms with Crippen LogP contribution in [0.15, 0.2) is 84.4 Å². The molecule has 1 saturated heterocycles. The number of hydrogen-bond donors (Lipinski definition) is 1. The van der Waals surface area contributed by atoms with Crippen LogP contribution in [0.5, 0.6) is 5.75 Å². The summed E-state index contributed by atoms with van der Waals surface area (Å²) in [5, 5.41) is 11.6. The first-order valence-electron chi connectivity index (χ1n) is 13.0. The van der Waals surface area contributed by atoms with Gasteiger partial charge in [0.05, 0.1) is 24.4 Å². The number of Topliss-reactive ketones (excluding diaryl/α,β-unsaturated/α-hetero) is 1. The highest BCUT2D eigenvalue weighted by atomic mass is 32.1. The summed E-state index contributed by atoms with van der Waals surface area (Å²) in [6.07, 6.45) is 0.813. The molecule has 0 aliphatic carbocycles. The molecule has 208 valence electrons. The van der Waals surface area contributed by atoms with E-state index in [9.17, 15) is 19.5 Å². The first-order valence-corrected chi connectivity index (χ1v) is 13.9. The minimum absolute atomic E-state index is 0.0651. The Hall–Kier alpha value is -4.76. The lowest BCUT2D eigenvalue weighted by atomic mass is 9.94. The van der Waals surface area contributed by atoms with Crippen LogP contribution in [0.4, 0.5) is 5.13 Å². The second kappa shape index (κ2) is 11.8. The lowest BCUT2D eigenvalue weighted by Crippen LogP contribution is -2.29. The van der Waals surface area contributed by atoms with Gasteiger partial charge in [-0.3, -0.25) is 14.5 Å². The average Bonchev–Trinajstić information content (AvgIpc) is 3.52. The Kier molecular flexibility index (Phi) is 7.98. The Morgan fingerprint density at radius 2 is 1.66 bits per heavy atom. The number of ether oxygens (including phenoxy) is 2. The van der Waals surface area contributed by atoms with Crippen LogP contribution in [0.2, 0.25) is 0 Å². The fourth-order valence-corrected chi connectivity index (χ4v) is 5.67. The van der Waals surface area contributed by atoms with Crippen LogP contribution in [-0.4, -0.2) is 34.9 Å². The van der Waals surface area contributed by atoms with Crippen molar-refractivity contribution in [2.45, 2.75) is 32.9 Å². The number of carbonyl (C=O) groups excluding carboxylic acids is 3. The van der Waals surface area contributed by atoms with Crippen molar-refractivity contribution < 1.29 is 29.0 Å². The zero-order valence-corrected chi connectivity index (χ0v) is 23.6. The average molecular weight is 569 g/mol. The van der Waals surface area contributed by atoms with Crippen molar-refractivity contribution in [3.8, 4) is 5.75 Å². The summed E-state index contributed by atoms with van der Waals surface area (Å²) in [5.74, 6) is -1.99. The van der Waals surface area contributed by atoms with Gasteiger partial charge >= 0.3 is 11.9 Å². The highest BCUT2D eigenvalue weighted by molar-refractivity contribution is 7.17. The quantitative estimate of drug-likeness (QED) is 0.120. The van der Waals surface area contributed by atoms with Crippen molar-refractivity contribution in [2.24, 2.45) is 0 Å². The number of esters is 1. The normalized spacial score (nSPS) is 16.2. The molecule has 1 fully saturated rings. The molecular formula is C32H28N2O6S. The van der Waals surface area contributed by atoms with E-state index in [-0.39, 0.29) is 21.3 Å². The number of aryl methyl sites for hydroxylation is 2. The van der Waals surface area contributed by atoms with Crippen molar-refractivity contribution in [3.05, 3.63) is 117 Å². The van der Waals surface area contributed by atoms with Crippen LogP contribution in [-0.2, 0) is 27.4 Å². The van der Waals surface area contributed by atoms with E-state index in [1.165, 1.54) is 12.0 Å². The van der Waals surface area contributed by atoms with Gasteiger partial charge in [0.1, 0.15) is 23.0 Å². The Balaban J connectivity index is 1.54. The number of carbonyl (C=O) groups is 3. The van der Waals surface area contributed by atoms with Crippen molar-refractivity contribution in [1.29, 1.82) is 0 Å². The molecule has 0 radical (unpaired) electrons. The fraction of sp³-hybridized carbons (Fsp3) is 0.188. The Labute approximate surface area is 241 Å². The van der Waals surface area contributed by atoms with Crippen molar-refractivity contribution in [3.63, 3.8) is 0 Å². The first kappa shape index (κ1) is 27.8. The van der Waals surface area contributed by atoms with Gasteiger partial charge in [0, 0.05) is 5.56 Å². The van der Waals surface area contributed by atoms with Crippen LogP contribution < -0.4 is 9.64 Å². The molecule has 1 N–H and O–H groups in total. The Morgan fingerprint density at radius 1 is 0.976 bits per heavy atom. The third kappa shape index (κ3) is 5.49. The largest absolute Gasteiger partial charge is 0.507 e. The van der Waals surface area contributed by atoms with Crippen LogP contribution in [0.25, 0.3) is 5.76 Å². The number of rotatable bonds is 8. The summed E-state index contributed by atoms with van der Waals surface area (Å²) in [6.45, 7) is 4.04. The molecule has 0 spiro atoms. The standard InChI is InChI=1S/C32H28N2O6S/c1-4-20-10-12-22(13-11-20)26-25(28(36)30(37)34(26)32-33-19(2)29(41-32)31(38)39-3)27(35)23-14-16-24(17-15-23)40-18-21-8-6-5-7-9-21/h5-17,26,35H,4,18H2,1-3H3/b27-25+. The number of amides is 1. The van der Waals surface area contributed by atoms with E-state index in [2.05, 4.69) is 4.98 Å². The molecule has 4 aromatic rings. The van der Waals surface area contributed by atoms with E-state index in [0.717, 1.165) is 28.9 Å². The predicted octanol–water partition coefficient (Wildman–Crippen LogP) is 6.01. The third-order valence-corrected chi connectivity index (χ3v) is 8.02. The maximum atomic E-state index is 13.5. The number of benzene rings is 3. The summed E-state index contributed by atoms with van der Waals surface area (Å²) in [5.41, 5.74) is 3.39. The number of thiazole rings is 1. The van der Waals surface area contributed by atoms with Crippen molar-refractivity contribution >= 4 is 39.9 Å². The fourth-order valence-electron chi connectivity index (χ4n) is 4.65. The van der Waals surface area contributed by atoms with Gasteiger partial charge < -0.3 is 14.6 Å². The zero-order valence-electron chi connectivity index (χ0n) is 22.8. The molecule has 1 atom stereocenters. The molecule has 1 aliphatic rings. The number of aromatic nitrogens is 1. The summed E-state index contributed by atoms with van der Waals surface area (Å²) in [4.78, 5) is 45.1. The number of aliphatic hydroxyl groups is 1. The summed E-state index contributed by atoms with van der Waals surface area (Å²) < 4.78 is 10.7. The van der Waals surface area contributed by atoms with Crippen LogP contribution in [0.1, 0.15) is 50.6 Å². The second-order valence-electron chi connectivity index (χ2n) is 9.47. The highest BCUT2D eigenvalue weighted by Gasteiger charge is 2.48. The molecule has 0 saturated carbocycles. The van der Waals surface area contributed by atoms with E-state index >= 15 is 0 Å². The molecule has 1 aliphatic heterocycles. The summed E-state index contributed by atoms with van der Waals surface area (Å²) in [6, 6.07) is 23.0. The highest BCUT2D eigenvalue weighted by Crippen LogP contribution is 2.44. The van der Waals surface area contributed by atoms with Gasteiger partial charge in [-0.25, -0.2) is 9.78 Å². The van der Waals surface area contributed by atoms with E-state index in [1.54, 1.807) is 31.2 Å². The molecule has 1 unspecified atom stereocenters. The minimum atomic E-state index is -0.953. The lowest BCUT2D eigenvalue weighted by Gasteiger charge is -2.23. The van der Waals surface area contributed by atoms with Crippen molar-refractivity contribution in [1.82, 2.24) is 4.98 Å². The van der Waals surface area contributed by atoms with Gasteiger partial charge in [-0.1, -0.05) is 72.9 Å². The smallest absolute Gasteiger partial charge is 0.350 e. The van der Waals surface area contributed by atoms with Gasteiger partial charge in [-0.15, -0.1) is 0 Å². The van der Waals surface area contributed by atoms with Crippen LogP contribution >= 0.6 is 11.3 Å². The van der Waals surface area contributed by atoms with E-state index in [1.807, 2.05) is 61.5 Å². The number of aliphatic hydroxyl groups excluding tert-OH is 1. The first-order chi connectivity index (χ1) is 19.8. The third-order valence-electron chi connectivity index (χ3n) is 6.89. The predicted molar refractivity (Wildman–Crippen MR) is 156 cm³/mol. The number of anilines is 1. The number of methoxy groups -OCH3 is 1. The van der Waals surface area contributed by atoms with Gasteiger partial charge in [0.25, 0.3) is 5.78 Å². The maximum absolute atomic E-state index is 13.5. The molecule has 0 bridgehead atoms. The van der Waals surface area contributed by atoms with E-state index in [0.29, 0.717) is 29.2 Å². The molecule has 9 heteroatoms. The van der Waals surface area contributed by atoms with E-state index in [4.69, 9.17) is 9.47 Å². The maximum Gasteiger partial charge on any atom is 0.350 e. The van der Waals surface area contributed by atoms with E-state index < -0.39 is 23.7 Å². The lowest BCUT2D eigenvalue weighted by molar-refractivity contribution is -0.132. The van der Waals surface area contributed by atoms with Crippen LogP contribution in [0.3, 0.4) is 0 Å². The molecule has 3 aromatic carbocycles. The topological polar surface area (TPSA) is 106 Å². The molecule has 8 nitrogen and oxygen atoms in total. The molecule has 2 heterocycles. The van der Waals surface area contributed by atoms with Crippen molar-refractivity contribution in [2.75, 3.05) is 12.0 Å². The second-order valence-corrected chi connectivity index (χ2v) is 10.4. The van der Waals surface area contributed by atoms with Gasteiger partial charge in [-0.2, -0.15) is 0 Å². The minimum Gasteiger partial charge on any atom is -0.507 e. The molecule has 5 rings (SSSR count). The van der Waals surface area contributed by atoms with Gasteiger partial charge in [0.15, 0.2) is 5.13 Å². The molecule has 1 aromatic heterocycles. The van der Waals surface area contributed by atoms with Gasteiger partial charge in [-0.05, 0) is 54.3 Å². The van der Waals surface area contributed by atoms with Crippen LogP contribution in [0, 0.1) is 6.92 Å². The Morgan fingerprint density at radius 3 is 2.29 bits per heavy atom. The Bertz CT molecular complexity index is 1630. The molecule has 1 amide bonds. The monoisotopic (exact) mass is 568 g/mol. The SMILES string of the molecule is CCc1ccc(C2/C(=C(\O)c3ccc(OCc4ccccc4)cc3)C(=O)C(=O)N2c2nc(C)c(C(=O)OC)s2)cc1. The molecular weight excluding hydrogens is 540 g/mol. The number of nitrogens with zero attached hydrogens (tertiary/aromatic N) is 2. The number of ketones is 1.